The minimum absolute atomic E-state index is 0.127. The zero-order valence-electron chi connectivity index (χ0n) is 18.4. The molecule has 2 aromatic rings. The van der Waals surface area contributed by atoms with Crippen LogP contribution in [0.15, 0.2) is 36.9 Å². The van der Waals surface area contributed by atoms with Crippen LogP contribution in [0.1, 0.15) is 47.2 Å². The Labute approximate surface area is 175 Å². The second-order valence-electron chi connectivity index (χ2n) is 7.44. The van der Waals surface area contributed by atoms with Crippen LogP contribution in [0.25, 0.3) is 5.76 Å². The van der Waals surface area contributed by atoms with Gasteiger partial charge in [-0.3, -0.25) is 4.90 Å². The molecule has 4 heteroatoms. The third-order valence-corrected chi connectivity index (χ3v) is 5.37. The Hall–Kier alpha value is -2.77. The maximum Gasteiger partial charge on any atom is 0.115 e. The van der Waals surface area contributed by atoms with E-state index < -0.39 is 0 Å². The zero-order valence-corrected chi connectivity index (χ0v) is 18.4. The van der Waals surface area contributed by atoms with Crippen LogP contribution in [0.2, 0.25) is 0 Å². The summed E-state index contributed by atoms with van der Waals surface area (Å²) in [4.78, 5) is 4.74. The van der Waals surface area contributed by atoms with Gasteiger partial charge in [-0.2, -0.15) is 5.26 Å². The molecule has 0 amide bonds. The lowest BCUT2D eigenvalue weighted by molar-refractivity contribution is 0.249. The number of aliphatic hydroxyl groups excluding tert-OH is 1. The molecule has 1 aliphatic heterocycles. The molecule has 0 bridgehead atoms. The first-order chi connectivity index (χ1) is 13.9. The highest BCUT2D eigenvalue weighted by Crippen LogP contribution is 2.25. The molecule has 0 atom stereocenters. The van der Waals surface area contributed by atoms with Gasteiger partial charge in [0, 0.05) is 38.3 Å². The van der Waals surface area contributed by atoms with Crippen LogP contribution >= 0.6 is 0 Å². The molecule has 1 saturated heterocycles. The summed E-state index contributed by atoms with van der Waals surface area (Å²) in [5.74, 6) is 0.127. The number of hydrogen-bond donors (Lipinski definition) is 1. The molecule has 1 fully saturated rings. The summed E-state index contributed by atoms with van der Waals surface area (Å²) in [5, 5.41) is 19.2. The van der Waals surface area contributed by atoms with Crippen LogP contribution in [0.4, 0.5) is 5.69 Å². The predicted molar refractivity (Wildman–Crippen MR) is 122 cm³/mol. The molecule has 154 valence electrons. The van der Waals surface area contributed by atoms with E-state index in [2.05, 4.69) is 54.5 Å². The summed E-state index contributed by atoms with van der Waals surface area (Å²) in [7, 11) is 0. The van der Waals surface area contributed by atoms with Gasteiger partial charge in [-0.05, 0) is 61.2 Å². The molecular formula is C25H33N3O. The van der Waals surface area contributed by atoms with Gasteiger partial charge in [0.2, 0.25) is 0 Å². The summed E-state index contributed by atoms with van der Waals surface area (Å²) in [6.45, 7) is 18.4. The summed E-state index contributed by atoms with van der Waals surface area (Å²) in [6, 6.07) is 12.5. The second kappa shape index (κ2) is 10.1. The van der Waals surface area contributed by atoms with E-state index in [4.69, 9.17) is 0 Å². The maximum absolute atomic E-state index is 9.82. The van der Waals surface area contributed by atoms with Crippen LogP contribution in [0.5, 0.6) is 0 Å². The van der Waals surface area contributed by atoms with Gasteiger partial charge in [0.25, 0.3) is 0 Å². The molecule has 0 radical (unpaired) electrons. The molecule has 2 aromatic carbocycles. The van der Waals surface area contributed by atoms with Gasteiger partial charge in [0.05, 0.1) is 11.3 Å². The molecule has 0 unspecified atom stereocenters. The number of nitriles is 1. The number of anilines is 1. The van der Waals surface area contributed by atoms with Crippen molar-refractivity contribution in [2.45, 2.75) is 41.2 Å². The third-order valence-electron chi connectivity index (χ3n) is 5.37. The quantitative estimate of drug-likeness (QED) is 0.713. The monoisotopic (exact) mass is 391 g/mol. The van der Waals surface area contributed by atoms with Crippen molar-refractivity contribution in [1.82, 2.24) is 4.90 Å². The Morgan fingerprint density at radius 2 is 1.69 bits per heavy atom. The van der Waals surface area contributed by atoms with Crippen LogP contribution in [-0.4, -0.2) is 36.2 Å². The van der Waals surface area contributed by atoms with Crippen molar-refractivity contribution in [1.29, 1.82) is 5.26 Å². The van der Waals surface area contributed by atoms with E-state index in [0.29, 0.717) is 0 Å². The number of piperazine rings is 1. The summed E-state index contributed by atoms with van der Waals surface area (Å²) < 4.78 is 0. The normalized spacial score (nSPS) is 14.0. The van der Waals surface area contributed by atoms with E-state index in [0.717, 1.165) is 55.1 Å². The molecule has 0 aromatic heterocycles. The first-order valence-corrected chi connectivity index (χ1v) is 10.4. The smallest absolute Gasteiger partial charge is 0.115 e. The van der Waals surface area contributed by atoms with Crippen molar-refractivity contribution in [2.24, 2.45) is 0 Å². The van der Waals surface area contributed by atoms with Gasteiger partial charge in [-0.15, -0.1) is 0 Å². The van der Waals surface area contributed by atoms with Crippen molar-refractivity contribution in [3.63, 3.8) is 0 Å². The molecule has 1 heterocycles. The van der Waals surface area contributed by atoms with E-state index in [1.54, 1.807) is 0 Å². The second-order valence-corrected chi connectivity index (χ2v) is 7.44. The van der Waals surface area contributed by atoms with Gasteiger partial charge >= 0.3 is 0 Å². The first-order valence-electron chi connectivity index (χ1n) is 10.4. The fourth-order valence-corrected chi connectivity index (χ4v) is 3.76. The first kappa shape index (κ1) is 22.5. The fourth-order valence-electron chi connectivity index (χ4n) is 3.76. The molecule has 4 nitrogen and oxygen atoms in total. The van der Waals surface area contributed by atoms with Gasteiger partial charge in [0.1, 0.15) is 11.8 Å². The standard InChI is InChI=1S/C23H27N3O.C2H6/c1-16-5-6-20(14-24)23(11-16)26-9-7-25(8-10-26)15-21-13-22(19(4)27)18(3)12-17(21)2;1-2/h5-6,11-13,27H,4,7-10,15H2,1-3H3;1-2H3. The van der Waals surface area contributed by atoms with Gasteiger partial charge in [0.15, 0.2) is 0 Å². The molecular weight excluding hydrogens is 358 g/mol. The van der Waals surface area contributed by atoms with Gasteiger partial charge < -0.3 is 10.0 Å². The molecule has 0 aliphatic carbocycles. The molecule has 0 saturated carbocycles. The fraction of sp³-hybridized carbons (Fsp3) is 0.400. The van der Waals surface area contributed by atoms with E-state index in [-0.39, 0.29) is 5.76 Å². The number of aliphatic hydroxyl groups is 1. The van der Waals surface area contributed by atoms with E-state index in [1.165, 1.54) is 16.7 Å². The zero-order chi connectivity index (χ0) is 21.6. The van der Waals surface area contributed by atoms with Crippen LogP contribution < -0.4 is 4.90 Å². The molecule has 3 rings (SSSR count). The van der Waals surface area contributed by atoms with Crippen molar-refractivity contribution >= 4 is 11.4 Å². The van der Waals surface area contributed by atoms with Gasteiger partial charge in [-0.25, -0.2) is 0 Å². The average Bonchev–Trinajstić information content (AvgIpc) is 2.71. The van der Waals surface area contributed by atoms with Crippen LogP contribution in [-0.2, 0) is 6.54 Å². The Balaban J connectivity index is 0.00000145. The van der Waals surface area contributed by atoms with Crippen LogP contribution in [0.3, 0.4) is 0 Å². The minimum atomic E-state index is 0.127. The van der Waals surface area contributed by atoms with Gasteiger partial charge in [-0.1, -0.05) is 32.6 Å². The SMILES string of the molecule is C=C(O)c1cc(CN2CCN(c3cc(C)ccc3C#N)CC2)c(C)cc1C.CC. The lowest BCUT2D eigenvalue weighted by Gasteiger charge is -2.37. The summed E-state index contributed by atoms with van der Waals surface area (Å²) >= 11 is 0. The maximum atomic E-state index is 9.82. The number of hydrogen-bond acceptors (Lipinski definition) is 4. The highest BCUT2D eigenvalue weighted by molar-refractivity contribution is 5.62. The van der Waals surface area contributed by atoms with Crippen molar-refractivity contribution in [3.05, 3.63) is 70.3 Å². The number of benzene rings is 2. The summed E-state index contributed by atoms with van der Waals surface area (Å²) in [6.07, 6.45) is 0. The Bertz CT molecular complexity index is 903. The minimum Gasteiger partial charge on any atom is -0.508 e. The topological polar surface area (TPSA) is 50.5 Å². The Morgan fingerprint density at radius 3 is 2.28 bits per heavy atom. The van der Waals surface area contributed by atoms with Crippen molar-refractivity contribution in [3.8, 4) is 6.07 Å². The lowest BCUT2D eigenvalue weighted by Crippen LogP contribution is -2.46. The highest BCUT2D eigenvalue weighted by atomic mass is 16.3. The van der Waals surface area contributed by atoms with Crippen molar-refractivity contribution < 1.29 is 5.11 Å². The molecule has 29 heavy (non-hydrogen) atoms. The molecule has 1 aliphatic rings. The highest BCUT2D eigenvalue weighted by Gasteiger charge is 2.20. The number of rotatable bonds is 4. The Morgan fingerprint density at radius 1 is 1.03 bits per heavy atom. The molecule has 0 spiro atoms. The van der Waals surface area contributed by atoms with E-state index in [9.17, 15) is 10.4 Å². The third kappa shape index (κ3) is 5.40. The number of aryl methyl sites for hydroxylation is 3. The summed E-state index contributed by atoms with van der Waals surface area (Å²) in [5.41, 5.74) is 7.32. The Kier molecular flexibility index (Phi) is 7.87. The van der Waals surface area contributed by atoms with Crippen LogP contribution in [0, 0.1) is 32.1 Å². The van der Waals surface area contributed by atoms with E-state index >= 15 is 0 Å². The lowest BCUT2D eigenvalue weighted by atomic mass is 9.98. The predicted octanol–water partition coefficient (Wildman–Crippen LogP) is 5.36. The number of nitrogens with zero attached hydrogens (tertiary/aromatic N) is 3. The van der Waals surface area contributed by atoms with E-state index in [1.807, 2.05) is 32.9 Å². The average molecular weight is 392 g/mol. The molecule has 1 N–H and O–H groups in total. The largest absolute Gasteiger partial charge is 0.508 e. The van der Waals surface area contributed by atoms with Crippen molar-refractivity contribution in [2.75, 3.05) is 31.1 Å².